The second kappa shape index (κ2) is 4.98. The van der Waals surface area contributed by atoms with Gasteiger partial charge in [0.05, 0.1) is 6.10 Å². The lowest BCUT2D eigenvalue weighted by molar-refractivity contribution is -0.125. The fourth-order valence-corrected chi connectivity index (χ4v) is 7.63. The van der Waals surface area contributed by atoms with E-state index in [1.165, 1.54) is 64.2 Å². The van der Waals surface area contributed by atoms with Gasteiger partial charge in [0, 0.05) is 7.11 Å². The molecule has 4 aliphatic rings. The first-order valence-corrected chi connectivity index (χ1v) is 9.62. The molecule has 0 aromatic heterocycles. The van der Waals surface area contributed by atoms with Crippen molar-refractivity contribution in [3.05, 3.63) is 0 Å². The van der Waals surface area contributed by atoms with Crippen molar-refractivity contribution in [3.63, 3.8) is 0 Å². The quantitative estimate of drug-likeness (QED) is 0.625. The predicted molar refractivity (Wildman–Crippen MR) is 87.1 cm³/mol. The van der Waals surface area contributed by atoms with Crippen LogP contribution in [0.3, 0.4) is 0 Å². The minimum atomic E-state index is 0.494. The van der Waals surface area contributed by atoms with Crippen LogP contribution < -0.4 is 0 Å². The molecule has 0 heterocycles. The van der Waals surface area contributed by atoms with E-state index in [0.29, 0.717) is 16.9 Å². The van der Waals surface area contributed by atoms with Crippen molar-refractivity contribution < 1.29 is 4.74 Å². The Kier molecular flexibility index (Phi) is 3.45. The highest BCUT2D eigenvalue weighted by Gasteiger charge is 2.59. The molecule has 7 atom stereocenters. The van der Waals surface area contributed by atoms with E-state index in [2.05, 4.69) is 13.8 Å². The molecule has 0 spiro atoms. The minimum absolute atomic E-state index is 0.494. The van der Waals surface area contributed by atoms with Gasteiger partial charge in [0.1, 0.15) is 0 Å². The van der Waals surface area contributed by atoms with E-state index >= 15 is 0 Å². The summed E-state index contributed by atoms with van der Waals surface area (Å²) in [6.07, 6.45) is 15.3. The van der Waals surface area contributed by atoms with Crippen LogP contribution in [0, 0.1) is 34.5 Å². The van der Waals surface area contributed by atoms with E-state index in [9.17, 15) is 0 Å². The number of rotatable bonds is 1. The van der Waals surface area contributed by atoms with Crippen molar-refractivity contribution >= 4 is 0 Å². The Hall–Kier alpha value is -0.0400. The topological polar surface area (TPSA) is 9.23 Å². The van der Waals surface area contributed by atoms with Gasteiger partial charge < -0.3 is 4.74 Å². The molecule has 0 aliphatic heterocycles. The Balaban J connectivity index is 1.62. The van der Waals surface area contributed by atoms with Crippen LogP contribution >= 0.6 is 0 Å². The summed E-state index contributed by atoms with van der Waals surface area (Å²) in [6, 6.07) is 0. The summed E-state index contributed by atoms with van der Waals surface area (Å²) in [4.78, 5) is 0. The zero-order valence-corrected chi connectivity index (χ0v) is 14.4. The number of hydrogen-bond acceptors (Lipinski definition) is 1. The van der Waals surface area contributed by atoms with Crippen LogP contribution in [0.1, 0.15) is 78.1 Å². The molecule has 0 aromatic rings. The number of fused-ring (bicyclic) bond motifs is 5. The third-order valence-corrected chi connectivity index (χ3v) is 8.78. The average Bonchev–Trinajstić information content (AvgIpc) is 2.83. The molecule has 4 rings (SSSR count). The van der Waals surface area contributed by atoms with Crippen molar-refractivity contribution in [2.75, 3.05) is 7.11 Å². The van der Waals surface area contributed by atoms with Crippen LogP contribution in [0.25, 0.3) is 0 Å². The first-order valence-electron chi connectivity index (χ1n) is 9.62. The van der Waals surface area contributed by atoms with Gasteiger partial charge >= 0.3 is 0 Å². The maximum absolute atomic E-state index is 5.90. The molecule has 4 saturated carbocycles. The van der Waals surface area contributed by atoms with Gasteiger partial charge in [-0.1, -0.05) is 26.7 Å². The molecule has 21 heavy (non-hydrogen) atoms. The molecule has 0 aromatic carbocycles. The molecule has 4 fully saturated rings. The zero-order chi connectivity index (χ0) is 14.7. The Morgan fingerprint density at radius 1 is 0.762 bits per heavy atom. The normalized spacial score (nSPS) is 56.4. The Morgan fingerprint density at radius 2 is 1.57 bits per heavy atom. The number of ether oxygens (including phenoxy) is 1. The van der Waals surface area contributed by atoms with E-state index in [0.717, 1.165) is 23.7 Å². The van der Waals surface area contributed by atoms with E-state index in [1.807, 2.05) is 7.11 Å². The highest BCUT2D eigenvalue weighted by Crippen LogP contribution is 2.66. The molecule has 1 heteroatoms. The van der Waals surface area contributed by atoms with Crippen molar-refractivity contribution in [1.82, 2.24) is 0 Å². The second-order valence-corrected chi connectivity index (χ2v) is 9.25. The molecule has 0 bridgehead atoms. The van der Waals surface area contributed by atoms with Gasteiger partial charge in [0.15, 0.2) is 0 Å². The zero-order valence-electron chi connectivity index (χ0n) is 14.4. The van der Waals surface area contributed by atoms with E-state index in [-0.39, 0.29) is 0 Å². The SMILES string of the molecule is COC1CC[C@H]2[C@@H]3CCC4CCCC[C@]4(C)[C@H]3CC[C@]12C. The predicted octanol–water partition coefficient (Wildman–Crippen LogP) is 5.43. The second-order valence-electron chi connectivity index (χ2n) is 9.25. The highest BCUT2D eigenvalue weighted by atomic mass is 16.5. The molecule has 120 valence electrons. The van der Waals surface area contributed by atoms with Gasteiger partial charge in [0.2, 0.25) is 0 Å². The third-order valence-electron chi connectivity index (χ3n) is 8.78. The van der Waals surface area contributed by atoms with Gasteiger partial charge in [-0.05, 0) is 85.9 Å². The molecule has 4 aliphatic carbocycles. The fourth-order valence-electron chi connectivity index (χ4n) is 7.63. The highest BCUT2D eigenvalue weighted by molar-refractivity contribution is 5.09. The van der Waals surface area contributed by atoms with E-state index in [1.54, 1.807) is 0 Å². The van der Waals surface area contributed by atoms with Crippen molar-refractivity contribution in [3.8, 4) is 0 Å². The van der Waals surface area contributed by atoms with Crippen molar-refractivity contribution in [2.45, 2.75) is 84.2 Å². The van der Waals surface area contributed by atoms with Crippen LogP contribution in [0.5, 0.6) is 0 Å². The molecule has 2 unspecified atom stereocenters. The lowest BCUT2D eigenvalue weighted by Crippen LogP contribution is -2.53. The monoisotopic (exact) mass is 290 g/mol. The summed E-state index contributed by atoms with van der Waals surface area (Å²) in [7, 11) is 1.95. The van der Waals surface area contributed by atoms with Crippen LogP contribution in [0.4, 0.5) is 0 Å². The maximum Gasteiger partial charge on any atom is 0.0627 e. The summed E-state index contributed by atoms with van der Waals surface area (Å²) in [6.45, 7) is 5.24. The van der Waals surface area contributed by atoms with Crippen molar-refractivity contribution in [1.29, 1.82) is 0 Å². The average molecular weight is 290 g/mol. The number of methoxy groups -OCH3 is 1. The molecule has 0 N–H and O–H groups in total. The molecule has 0 amide bonds. The van der Waals surface area contributed by atoms with Gasteiger partial charge in [-0.3, -0.25) is 0 Å². The first-order chi connectivity index (χ1) is 10.1. The standard InChI is InChI=1S/C20H34O/c1-19-12-5-4-6-14(19)7-8-15-16-9-10-18(21-3)20(16,2)13-11-17(15)19/h14-18H,4-13H2,1-3H3/t14?,15-,16-,17-,18?,19-,20-/m0/s1. The summed E-state index contributed by atoms with van der Waals surface area (Å²) < 4.78 is 5.90. The Labute approximate surface area is 131 Å². The van der Waals surface area contributed by atoms with E-state index in [4.69, 9.17) is 4.74 Å². The fraction of sp³-hybridized carbons (Fsp3) is 1.00. The molecular formula is C20H34O. The van der Waals surface area contributed by atoms with Gasteiger partial charge in [0.25, 0.3) is 0 Å². The van der Waals surface area contributed by atoms with E-state index < -0.39 is 0 Å². The Bertz CT molecular complexity index is 405. The Morgan fingerprint density at radius 3 is 2.38 bits per heavy atom. The number of hydrogen-bond donors (Lipinski definition) is 0. The van der Waals surface area contributed by atoms with Crippen LogP contribution in [0.15, 0.2) is 0 Å². The van der Waals surface area contributed by atoms with Gasteiger partial charge in [-0.2, -0.15) is 0 Å². The largest absolute Gasteiger partial charge is 0.381 e. The maximum atomic E-state index is 5.90. The molecular weight excluding hydrogens is 256 g/mol. The molecule has 1 nitrogen and oxygen atoms in total. The minimum Gasteiger partial charge on any atom is -0.381 e. The van der Waals surface area contributed by atoms with Gasteiger partial charge in [-0.15, -0.1) is 0 Å². The molecule has 0 saturated heterocycles. The summed E-state index contributed by atoms with van der Waals surface area (Å²) in [5, 5.41) is 0. The van der Waals surface area contributed by atoms with Crippen molar-refractivity contribution in [2.24, 2.45) is 34.5 Å². The summed E-state index contributed by atoms with van der Waals surface area (Å²) in [5.41, 5.74) is 1.18. The smallest absolute Gasteiger partial charge is 0.0627 e. The summed E-state index contributed by atoms with van der Waals surface area (Å²) in [5.74, 6) is 4.06. The lowest BCUT2D eigenvalue weighted by atomic mass is 9.45. The first kappa shape index (κ1) is 14.5. The van der Waals surface area contributed by atoms with Gasteiger partial charge in [-0.25, -0.2) is 0 Å². The lowest BCUT2D eigenvalue weighted by Gasteiger charge is -2.60. The third kappa shape index (κ3) is 1.92. The molecule has 0 radical (unpaired) electrons. The van der Waals surface area contributed by atoms with Crippen LogP contribution in [0.2, 0.25) is 0 Å². The summed E-state index contributed by atoms with van der Waals surface area (Å²) >= 11 is 0. The van der Waals surface area contributed by atoms with Crippen LogP contribution in [-0.2, 0) is 4.74 Å². The van der Waals surface area contributed by atoms with Crippen LogP contribution in [-0.4, -0.2) is 13.2 Å².